The molecule has 0 aromatic heterocycles. The molecule has 1 rings (SSSR count). The number of nitrogens with one attached hydrogen (secondary N) is 1. The van der Waals surface area contributed by atoms with Crippen molar-refractivity contribution < 1.29 is 9.53 Å². The Morgan fingerprint density at radius 1 is 1.09 bits per heavy atom. The molecule has 4 nitrogen and oxygen atoms in total. The maximum Gasteiger partial charge on any atom is 0.413 e. The zero-order valence-corrected chi connectivity index (χ0v) is 16.0. The molecule has 1 N–H and O–H groups in total. The molecular weight excluding hydrogens is 308 g/mol. The molecule has 0 spiro atoms. The molecular formula is C18H28N2O2S. The zero-order valence-electron chi connectivity index (χ0n) is 15.1. The first-order valence-corrected chi connectivity index (χ1v) is 8.42. The maximum absolute atomic E-state index is 11.6. The van der Waals surface area contributed by atoms with Crippen LogP contribution in [-0.4, -0.2) is 24.4 Å². The van der Waals surface area contributed by atoms with Gasteiger partial charge in [-0.2, -0.15) is 0 Å². The lowest BCUT2D eigenvalue weighted by atomic mass is 9.91. The van der Waals surface area contributed by atoms with Crippen LogP contribution in [0.1, 0.15) is 64.5 Å². The Balaban J connectivity index is 3.46. The van der Waals surface area contributed by atoms with Crippen molar-refractivity contribution in [2.75, 3.05) is 12.0 Å². The summed E-state index contributed by atoms with van der Waals surface area (Å²) in [6.07, 6.45) is -0.547. The monoisotopic (exact) mass is 336 g/mol. The third-order valence-corrected chi connectivity index (χ3v) is 4.01. The smallest absolute Gasteiger partial charge is 0.413 e. The van der Waals surface area contributed by atoms with E-state index in [4.69, 9.17) is 12.2 Å². The number of carbonyl (C=O) groups is 1. The lowest BCUT2D eigenvalue weighted by Crippen LogP contribution is -2.47. The minimum atomic E-state index is -0.547. The summed E-state index contributed by atoms with van der Waals surface area (Å²) in [6, 6.07) is 6.45. The summed E-state index contributed by atoms with van der Waals surface area (Å²) in [7, 11) is 1.33. The minimum Gasteiger partial charge on any atom is -0.453 e. The average molecular weight is 337 g/mol. The SMILES string of the molecule is COC(=O)NC(=S)N(c1c(C(C)C)cccc1C(C)C)C(C)C. The number of alkyl carbamates (subject to hydrolysis) is 1. The fourth-order valence-corrected chi connectivity index (χ4v) is 2.97. The van der Waals surface area contributed by atoms with E-state index in [-0.39, 0.29) is 6.04 Å². The van der Waals surface area contributed by atoms with Crippen molar-refractivity contribution in [3.05, 3.63) is 29.3 Å². The third kappa shape index (κ3) is 4.67. The summed E-state index contributed by atoms with van der Waals surface area (Å²) < 4.78 is 4.68. The highest BCUT2D eigenvalue weighted by Crippen LogP contribution is 2.36. The van der Waals surface area contributed by atoms with E-state index in [1.165, 1.54) is 18.2 Å². The summed E-state index contributed by atoms with van der Waals surface area (Å²) in [6.45, 7) is 12.8. The molecule has 0 heterocycles. The highest BCUT2D eigenvalue weighted by atomic mass is 32.1. The fraction of sp³-hybridized carbons (Fsp3) is 0.556. The lowest BCUT2D eigenvalue weighted by Gasteiger charge is -2.34. The van der Waals surface area contributed by atoms with E-state index in [1.807, 2.05) is 4.90 Å². The molecule has 0 aliphatic heterocycles. The van der Waals surface area contributed by atoms with Crippen LogP contribution in [0, 0.1) is 0 Å². The third-order valence-electron chi connectivity index (χ3n) is 3.71. The average Bonchev–Trinajstić information content (AvgIpc) is 2.46. The topological polar surface area (TPSA) is 41.6 Å². The Hall–Kier alpha value is -1.62. The summed E-state index contributed by atoms with van der Waals surface area (Å²) in [5.74, 6) is 0.705. The fourth-order valence-electron chi connectivity index (χ4n) is 2.58. The predicted molar refractivity (Wildman–Crippen MR) is 100 cm³/mol. The molecule has 0 aliphatic rings. The number of rotatable bonds is 4. The second-order valence-corrected chi connectivity index (χ2v) is 6.87. The summed E-state index contributed by atoms with van der Waals surface area (Å²) in [5.41, 5.74) is 3.53. The Bertz CT molecular complexity index is 542. The number of ether oxygens (including phenoxy) is 1. The van der Waals surface area contributed by atoms with Gasteiger partial charge < -0.3 is 9.64 Å². The molecule has 5 heteroatoms. The van der Waals surface area contributed by atoms with Gasteiger partial charge in [0.05, 0.1) is 12.8 Å². The van der Waals surface area contributed by atoms with Gasteiger partial charge in [0.15, 0.2) is 5.11 Å². The molecule has 0 unspecified atom stereocenters. The van der Waals surface area contributed by atoms with Crippen molar-refractivity contribution in [1.29, 1.82) is 0 Å². The first kappa shape index (κ1) is 19.4. The van der Waals surface area contributed by atoms with Crippen LogP contribution in [0.5, 0.6) is 0 Å². The van der Waals surface area contributed by atoms with E-state index in [9.17, 15) is 4.79 Å². The van der Waals surface area contributed by atoms with Crippen molar-refractivity contribution in [3.63, 3.8) is 0 Å². The minimum absolute atomic E-state index is 0.108. The van der Waals surface area contributed by atoms with E-state index < -0.39 is 6.09 Å². The molecule has 1 aromatic carbocycles. The molecule has 0 bridgehead atoms. The van der Waals surface area contributed by atoms with Gasteiger partial charge in [-0.25, -0.2) is 4.79 Å². The molecule has 0 radical (unpaired) electrons. The van der Waals surface area contributed by atoms with Gasteiger partial charge in [-0.3, -0.25) is 5.32 Å². The quantitative estimate of drug-likeness (QED) is 0.803. The van der Waals surface area contributed by atoms with Gasteiger partial charge in [0.25, 0.3) is 0 Å². The van der Waals surface area contributed by atoms with E-state index in [0.717, 1.165) is 5.69 Å². The van der Waals surface area contributed by atoms with Gasteiger partial charge in [-0.1, -0.05) is 45.9 Å². The number of nitrogens with zero attached hydrogens (tertiary/aromatic N) is 1. The molecule has 0 saturated heterocycles. The van der Waals surface area contributed by atoms with Crippen LogP contribution in [-0.2, 0) is 4.74 Å². The van der Waals surface area contributed by atoms with E-state index in [1.54, 1.807) is 0 Å². The second-order valence-electron chi connectivity index (χ2n) is 6.48. The Kier molecular flexibility index (Phi) is 7.01. The highest BCUT2D eigenvalue weighted by molar-refractivity contribution is 7.80. The van der Waals surface area contributed by atoms with Crippen LogP contribution in [0.15, 0.2) is 18.2 Å². The van der Waals surface area contributed by atoms with Gasteiger partial charge in [0, 0.05) is 6.04 Å². The van der Waals surface area contributed by atoms with Gasteiger partial charge >= 0.3 is 6.09 Å². The van der Waals surface area contributed by atoms with Gasteiger partial charge in [0.1, 0.15) is 0 Å². The van der Waals surface area contributed by atoms with Gasteiger partial charge in [0.2, 0.25) is 0 Å². The van der Waals surface area contributed by atoms with E-state index >= 15 is 0 Å². The van der Waals surface area contributed by atoms with Crippen LogP contribution in [0.4, 0.5) is 10.5 Å². The normalized spacial score (nSPS) is 11.0. The molecule has 1 aromatic rings. The zero-order chi connectivity index (χ0) is 17.7. The maximum atomic E-state index is 11.6. The van der Waals surface area contributed by atoms with Crippen molar-refractivity contribution in [3.8, 4) is 0 Å². The number of anilines is 1. The van der Waals surface area contributed by atoms with Crippen LogP contribution in [0.2, 0.25) is 0 Å². The first-order valence-electron chi connectivity index (χ1n) is 8.01. The number of hydrogen-bond donors (Lipinski definition) is 1. The Labute approximate surface area is 145 Å². The number of thiocarbonyl (C=S) groups is 1. The van der Waals surface area contributed by atoms with Crippen LogP contribution in [0.25, 0.3) is 0 Å². The molecule has 0 saturated carbocycles. The molecule has 0 fully saturated rings. The van der Waals surface area contributed by atoms with Crippen LogP contribution in [0.3, 0.4) is 0 Å². The lowest BCUT2D eigenvalue weighted by molar-refractivity contribution is 0.177. The first-order chi connectivity index (χ1) is 10.7. The Morgan fingerprint density at radius 2 is 1.57 bits per heavy atom. The number of benzene rings is 1. The van der Waals surface area contributed by atoms with Crippen molar-refractivity contribution in [2.45, 2.75) is 59.4 Å². The molecule has 128 valence electrons. The summed E-state index contributed by atoms with van der Waals surface area (Å²) >= 11 is 5.48. The molecule has 0 aliphatic carbocycles. The largest absolute Gasteiger partial charge is 0.453 e. The number of carbonyl (C=O) groups excluding carboxylic acids is 1. The van der Waals surface area contributed by atoms with Crippen molar-refractivity contribution in [1.82, 2.24) is 5.32 Å². The van der Waals surface area contributed by atoms with Crippen molar-refractivity contribution in [2.24, 2.45) is 0 Å². The Morgan fingerprint density at radius 3 is 1.91 bits per heavy atom. The van der Waals surface area contributed by atoms with E-state index in [2.05, 4.69) is 69.8 Å². The number of amides is 1. The van der Waals surface area contributed by atoms with Gasteiger partial charge in [-0.15, -0.1) is 0 Å². The second kappa shape index (κ2) is 8.29. The molecule has 1 amide bonds. The highest BCUT2D eigenvalue weighted by Gasteiger charge is 2.25. The standard InChI is InChI=1S/C18H28N2O2S/c1-11(2)14-9-8-10-15(12(3)4)16(14)20(13(5)6)17(23)19-18(21)22-7/h8-13H,1-7H3,(H,19,21,23). The van der Waals surface area contributed by atoms with Crippen molar-refractivity contribution >= 4 is 29.1 Å². The predicted octanol–water partition coefficient (Wildman–Crippen LogP) is 4.79. The van der Waals surface area contributed by atoms with E-state index in [0.29, 0.717) is 16.9 Å². The van der Waals surface area contributed by atoms with Crippen LogP contribution < -0.4 is 10.2 Å². The van der Waals surface area contributed by atoms with Gasteiger partial charge in [-0.05, 0) is 49.0 Å². The summed E-state index contributed by atoms with van der Waals surface area (Å²) in [5, 5.41) is 3.00. The number of methoxy groups -OCH3 is 1. The summed E-state index contributed by atoms with van der Waals surface area (Å²) in [4.78, 5) is 13.6. The number of para-hydroxylation sites is 1. The molecule has 23 heavy (non-hydrogen) atoms. The molecule has 0 atom stereocenters. The number of hydrogen-bond acceptors (Lipinski definition) is 3. The van der Waals surface area contributed by atoms with Crippen LogP contribution >= 0.6 is 12.2 Å².